The van der Waals surface area contributed by atoms with Crippen LogP contribution in [0.25, 0.3) is 0 Å². The summed E-state index contributed by atoms with van der Waals surface area (Å²) >= 11 is 0. The van der Waals surface area contributed by atoms with Gasteiger partial charge in [0.1, 0.15) is 0 Å². The van der Waals surface area contributed by atoms with Gasteiger partial charge in [-0.05, 0) is 37.8 Å². The van der Waals surface area contributed by atoms with Crippen LogP contribution in [-0.2, 0) is 0 Å². The lowest BCUT2D eigenvalue weighted by molar-refractivity contribution is 0.427. The molecule has 0 amide bonds. The summed E-state index contributed by atoms with van der Waals surface area (Å²) in [4.78, 5) is 2.53. The molecule has 0 aromatic heterocycles. The van der Waals surface area contributed by atoms with Crippen LogP contribution in [0.2, 0.25) is 0 Å². The number of hydrogen-bond donors (Lipinski definition) is 1. The second-order valence-corrected chi connectivity index (χ2v) is 6.90. The van der Waals surface area contributed by atoms with Gasteiger partial charge in [-0.2, -0.15) is 0 Å². The predicted molar refractivity (Wildman–Crippen MR) is 92.2 cm³/mol. The van der Waals surface area contributed by atoms with E-state index in [1.165, 1.54) is 75.6 Å². The normalized spacial score (nSPS) is 21.2. The van der Waals surface area contributed by atoms with Gasteiger partial charge in [-0.15, -0.1) is 0 Å². The minimum atomic E-state index is 0.680. The number of hydrogen-bond acceptors (Lipinski definition) is 2. The smallest absolute Gasteiger partial charge is 0.0602 e. The van der Waals surface area contributed by atoms with Gasteiger partial charge in [-0.1, -0.05) is 50.7 Å². The van der Waals surface area contributed by atoms with E-state index in [1.54, 1.807) is 0 Å². The summed E-state index contributed by atoms with van der Waals surface area (Å²) in [6, 6.07) is 10.3. The van der Waals surface area contributed by atoms with Gasteiger partial charge in [0.05, 0.1) is 11.4 Å². The van der Waals surface area contributed by atoms with Gasteiger partial charge < -0.3 is 10.2 Å². The van der Waals surface area contributed by atoms with E-state index in [0.29, 0.717) is 6.04 Å². The molecule has 116 valence electrons. The zero-order valence-electron chi connectivity index (χ0n) is 13.5. The lowest BCUT2D eigenvalue weighted by Crippen LogP contribution is -2.34. The molecule has 2 saturated carbocycles. The molecule has 1 N–H and O–H groups in total. The Morgan fingerprint density at radius 3 is 2.19 bits per heavy atom. The number of para-hydroxylation sites is 2. The zero-order valence-corrected chi connectivity index (χ0v) is 13.5. The molecule has 2 heteroatoms. The number of rotatable bonds is 4. The van der Waals surface area contributed by atoms with Crippen LogP contribution in [0.3, 0.4) is 0 Å². The Labute approximate surface area is 129 Å². The van der Waals surface area contributed by atoms with E-state index in [4.69, 9.17) is 0 Å². The average molecular weight is 286 g/mol. The molecular weight excluding hydrogens is 256 g/mol. The highest BCUT2D eigenvalue weighted by Gasteiger charge is 2.21. The van der Waals surface area contributed by atoms with E-state index in [-0.39, 0.29) is 0 Å². The number of benzene rings is 1. The first kappa shape index (κ1) is 14.7. The van der Waals surface area contributed by atoms with Crippen molar-refractivity contribution in [1.29, 1.82) is 0 Å². The third-order valence-corrected chi connectivity index (χ3v) is 5.37. The van der Waals surface area contributed by atoms with Gasteiger partial charge in [-0.3, -0.25) is 0 Å². The molecule has 0 unspecified atom stereocenters. The molecule has 3 rings (SSSR count). The zero-order chi connectivity index (χ0) is 14.5. The SMILES string of the molecule is CN(c1ccccc1NC1CCCCC1)C1CCCCC1. The summed E-state index contributed by atoms with van der Waals surface area (Å²) < 4.78 is 0. The second kappa shape index (κ2) is 7.20. The van der Waals surface area contributed by atoms with Crippen molar-refractivity contribution < 1.29 is 0 Å². The Morgan fingerprint density at radius 1 is 0.857 bits per heavy atom. The molecule has 0 heterocycles. The molecular formula is C19H30N2. The van der Waals surface area contributed by atoms with Crippen LogP contribution in [0.15, 0.2) is 24.3 Å². The largest absolute Gasteiger partial charge is 0.381 e. The molecule has 0 atom stereocenters. The fraction of sp³-hybridized carbons (Fsp3) is 0.684. The fourth-order valence-corrected chi connectivity index (χ4v) is 4.04. The monoisotopic (exact) mass is 286 g/mol. The van der Waals surface area contributed by atoms with Crippen molar-refractivity contribution in [2.24, 2.45) is 0 Å². The standard InChI is InChI=1S/C19H30N2/c1-21(17-12-6-3-7-13-17)19-15-9-8-14-18(19)20-16-10-4-2-5-11-16/h8-9,14-17,20H,2-7,10-13H2,1H3. The van der Waals surface area contributed by atoms with Gasteiger partial charge in [0.25, 0.3) is 0 Å². The van der Waals surface area contributed by atoms with Crippen LogP contribution in [0, 0.1) is 0 Å². The molecule has 1 aromatic rings. The van der Waals surface area contributed by atoms with Gasteiger partial charge in [0.15, 0.2) is 0 Å². The van der Waals surface area contributed by atoms with Crippen molar-refractivity contribution >= 4 is 11.4 Å². The van der Waals surface area contributed by atoms with Crippen molar-refractivity contribution in [2.75, 3.05) is 17.3 Å². The Balaban J connectivity index is 1.71. The molecule has 0 saturated heterocycles. The number of nitrogens with zero attached hydrogens (tertiary/aromatic N) is 1. The number of nitrogens with one attached hydrogen (secondary N) is 1. The summed E-state index contributed by atoms with van der Waals surface area (Å²) in [6.45, 7) is 0. The molecule has 2 fully saturated rings. The summed E-state index contributed by atoms with van der Waals surface area (Å²) in [6.07, 6.45) is 13.8. The van der Waals surface area contributed by atoms with Crippen LogP contribution >= 0.6 is 0 Å². The van der Waals surface area contributed by atoms with Crippen molar-refractivity contribution in [1.82, 2.24) is 0 Å². The molecule has 0 aliphatic heterocycles. The highest BCUT2D eigenvalue weighted by Crippen LogP contribution is 2.32. The van der Waals surface area contributed by atoms with Crippen LogP contribution in [0.1, 0.15) is 64.2 Å². The van der Waals surface area contributed by atoms with Crippen molar-refractivity contribution in [3.8, 4) is 0 Å². The van der Waals surface area contributed by atoms with E-state index in [9.17, 15) is 0 Å². The second-order valence-electron chi connectivity index (χ2n) is 6.90. The Bertz CT molecular complexity index is 431. The van der Waals surface area contributed by atoms with E-state index in [1.807, 2.05) is 0 Å². The molecule has 21 heavy (non-hydrogen) atoms. The Morgan fingerprint density at radius 2 is 1.48 bits per heavy atom. The minimum Gasteiger partial charge on any atom is -0.381 e. The van der Waals surface area contributed by atoms with Crippen LogP contribution in [-0.4, -0.2) is 19.1 Å². The Hall–Kier alpha value is -1.18. The van der Waals surface area contributed by atoms with E-state index in [2.05, 4.69) is 41.5 Å². The van der Waals surface area contributed by atoms with Crippen LogP contribution in [0.5, 0.6) is 0 Å². The van der Waals surface area contributed by atoms with Gasteiger partial charge in [0.2, 0.25) is 0 Å². The van der Waals surface area contributed by atoms with Crippen molar-refractivity contribution in [3.63, 3.8) is 0 Å². The molecule has 2 aliphatic carbocycles. The quantitative estimate of drug-likeness (QED) is 0.818. The van der Waals surface area contributed by atoms with Gasteiger partial charge in [0, 0.05) is 19.1 Å². The van der Waals surface area contributed by atoms with Crippen molar-refractivity contribution in [2.45, 2.75) is 76.3 Å². The highest BCUT2D eigenvalue weighted by molar-refractivity contribution is 5.70. The lowest BCUT2D eigenvalue weighted by atomic mass is 9.93. The van der Waals surface area contributed by atoms with Crippen LogP contribution in [0.4, 0.5) is 11.4 Å². The maximum Gasteiger partial charge on any atom is 0.0602 e. The number of anilines is 2. The van der Waals surface area contributed by atoms with Gasteiger partial charge >= 0.3 is 0 Å². The molecule has 2 nitrogen and oxygen atoms in total. The minimum absolute atomic E-state index is 0.680. The third kappa shape index (κ3) is 3.72. The maximum atomic E-state index is 3.83. The molecule has 1 aromatic carbocycles. The van der Waals surface area contributed by atoms with E-state index in [0.717, 1.165) is 6.04 Å². The first-order valence-corrected chi connectivity index (χ1v) is 8.93. The molecule has 0 bridgehead atoms. The van der Waals surface area contributed by atoms with Gasteiger partial charge in [-0.25, -0.2) is 0 Å². The third-order valence-electron chi connectivity index (χ3n) is 5.37. The van der Waals surface area contributed by atoms with E-state index < -0.39 is 0 Å². The lowest BCUT2D eigenvalue weighted by Gasteiger charge is -2.35. The molecule has 2 aliphatic rings. The highest BCUT2D eigenvalue weighted by atomic mass is 15.2. The Kier molecular flexibility index (Phi) is 5.05. The maximum absolute atomic E-state index is 3.83. The van der Waals surface area contributed by atoms with Crippen LogP contribution < -0.4 is 10.2 Å². The first-order valence-electron chi connectivity index (χ1n) is 8.93. The van der Waals surface area contributed by atoms with Crippen molar-refractivity contribution in [3.05, 3.63) is 24.3 Å². The summed E-state index contributed by atoms with van der Waals surface area (Å²) in [5.41, 5.74) is 2.74. The molecule has 0 radical (unpaired) electrons. The first-order chi connectivity index (χ1) is 10.3. The molecule has 0 spiro atoms. The average Bonchev–Trinajstić information content (AvgIpc) is 2.56. The predicted octanol–water partition coefficient (Wildman–Crippen LogP) is 5.20. The fourth-order valence-electron chi connectivity index (χ4n) is 4.04. The summed E-state index contributed by atoms with van der Waals surface area (Å²) in [5, 5.41) is 3.83. The van der Waals surface area contributed by atoms with E-state index >= 15 is 0 Å². The topological polar surface area (TPSA) is 15.3 Å². The summed E-state index contributed by atoms with van der Waals surface area (Å²) in [7, 11) is 2.29. The summed E-state index contributed by atoms with van der Waals surface area (Å²) in [5.74, 6) is 0.